The van der Waals surface area contributed by atoms with Gasteiger partial charge < -0.3 is 20.3 Å². The van der Waals surface area contributed by atoms with Gasteiger partial charge in [-0.2, -0.15) is 0 Å². The molecule has 17 heavy (non-hydrogen) atoms. The van der Waals surface area contributed by atoms with Crippen LogP contribution in [-0.4, -0.2) is 30.8 Å². The molecule has 0 fully saturated rings. The Hall–Kier alpha value is -2.08. The van der Waals surface area contributed by atoms with Crippen molar-refractivity contribution in [1.29, 1.82) is 0 Å². The highest BCUT2D eigenvalue weighted by atomic mass is 16.5. The smallest absolute Gasteiger partial charge is 0.337 e. The van der Waals surface area contributed by atoms with Gasteiger partial charge in [0.25, 0.3) is 0 Å². The highest BCUT2D eigenvalue weighted by Crippen LogP contribution is 2.14. The van der Waals surface area contributed by atoms with E-state index in [0.717, 1.165) is 0 Å². The van der Waals surface area contributed by atoms with Crippen molar-refractivity contribution in [3.63, 3.8) is 0 Å². The molecule has 0 aliphatic carbocycles. The SMILES string of the molecule is COC(=O)c1cc(N)cc(COCC(=O)O)c1. The van der Waals surface area contributed by atoms with Crippen molar-refractivity contribution in [3.8, 4) is 0 Å². The molecule has 0 saturated carbocycles. The normalized spacial score (nSPS) is 9.94. The molecule has 0 aliphatic rings. The van der Waals surface area contributed by atoms with Crippen molar-refractivity contribution in [2.24, 2.45) is 0 Å². The molecule has 0 heterocycles. The zero-order chi connectivity index (χ0) is 12.8. The molecule has 1 aromatic rings. The zero-order valence-corrected chi connectivity index (χ0v) is 9.30. The second-order valence-electron chi connectivity index (χ2n) is 3.34. The lowest BCUT2D eigenvalue weighted by atomic mass is 10.1. The second kappa shape index (κ2) is 5.86. The minimum absolute atomic E-state index is 0.0708. The fraction of sp³-hybridized carbons (Fsp3) is 0.273. The summed E-state index contributed by atoms with van der Waals surface area (Å²) in [5.74, 6) is -1.56. The summed E-state index contributed by atoms with van der Waals surface area (Å²) in [5, 5.41) is 8.40. The number of aliphatic carboxylic acids is 1. The van der Waals surface area contributed by atoms with Gasteiger partial charge in [-0.3, -0.25) is 0 Å². The third kappa shape index (κ3) is 4.12. The van der Waals surface area contributed by atoms with Crippen molar-refractivity contribution < 1.29 is 24.2 Å². The topological polar surface area (TPSA) is 98.9 Å². The number of carboxylic acids is 1. The van der Waals surface area contributed by atoms with Crippen molar-refractivity contribution in [1.82, 2.24) is 0 Å². The van der Waals surface area contributed by atoms with Crippen molar-refractivity contribution in [2.45, 2.75) is 6.61 Å². The average molecular weight is 239 g/mol. The standard InChI is InChI=1S/C11H13NO5/c1-16-11(15)8-2-7(3-9(12)4-8)5-17-6-10(13)14/h2-4H,5-6,12H2,1H3,(H,13,14). The van der Waals surface area contributed by atoms with Gasteiger partial charge in [0.05, 0.1) is 19.3 Å². The predicted octanol–water partition coefficient (Wildman–Crippen LogP) is 0.657. The molecule has 0 radical (unpaired) electrons. The molecule has 0 bridgehead atoms. The largest absolute Gasteiger partial charge is 0.480 e. The van der Waals surface area contributed by atoms with E-state index in [-0.39, 0.29) is 6.61 Å². The van der Waals surface area contributed by atoms with Crippen LogP contribution in [0.5, 0.6) is 0 Å². The third-order valence-electron chi connectivity index (χ3n) is 1.93. The van der Waals surface area contributed by atoms with Crippen LogP contribution in [0.15, 0.2) is 18.2 Å². The molecule has 0 amide bonds. The molecular formula is C11H13NO5. The van der Waals surface area contributed by atoms with Crippen LogP contribution in [0.4, 0.5) is 5.69 Å². The summed E-state index contributed by atoms with van der Waals surface area (Å²) in [6.45, 7) is -0.330. The molecule has 0 saturated heterocycles. The van der Waals surface area contributed by atoms with E-state index < -0.39 is 18.5 Å². The number of nitrogen functional groups attached to an aromatic ring is 1. The summed E-state index contributed by atoms with van der Waals surface area (Å²) in [6, 6.07) is 4.63. The second-order valence-corrected chi connectivity index (χ2v) is 3.34. The maximum absolute atomic E-state index is 11.3. The lowest BCUT2D eigenvalue weighted by Gasteiger charge is -2.06. The van der Waals surface area contributed by atoms with Gasteiger partial charge in [0.1, 0.15) is 6.61 Å². The molecular weight excluding hydrogens is 226 g/mol. The fourth-order valence-corrected chi connectivity index (χ4v) is 1.29. The van der Waals surface area contributed by atoms with E-state index >= 15 is 0 Å². The van der Waals surface area contributed by atoms with Gasteiger partial charge in [-0.05, 0) is 23.8 Å². The van der Waals surface area contributed by atoms with E-state index in [1.54, 1.807) is 12.1 Å². The summed E-state index contributed by atoms with van der Waals surface area (Å²) in [4.78, 5) is 21.5. The number of nitrogens with two attached hydrogens (primary N) is 1. The predicted molar refractivity (Wildman–Crippen MR) is 59.5 cm³/mol. The Morgan fingerprint density at radius 1 is 1.35 bits per heavy atom. The van der Waals surface area contributed by atoms with E-state index in [0.29, 0.717) is 16.8 Å². The number of carbonyl (C=O) groups excluding carboxylic acids is 1. The quantitative estimate of drug-likeness (QED) is 0.578. The van der Waals surface area contributed by atoms with Crippen LogP contribution in [0.2, 0.25) is 0 Å². The zero-order valence-electron chi connectivity index (χ0n) is 9.30. The monoisotopic (exact) mass is 239 g/mol. The fourth-order valence-electron chi connectivity index (χ4n) is 1.29. The molecule has 0 aliphatic heterocycles. The van der Waals surface area contributed by atoms with Crippen molar-refractivity contribution in [2.75, 3.05) is 19.5 Å². The summed E-state index contributed by atoms with van der Waals surface area (Å²) in [6.07, 6.45) is 0. The summed E-state index contributed by atoms with van der Waals surface area (Å²) < 4.78 is 9.46. The van der Waals surface area contributed by atoms with Crippen LogP contribution in [0, 0.1) is 0 Å². The first kappa shape index (κ1) is 13.0. The van der Waals surface area contributed by atoms with Gasteiger partial charge in [-0.25, -0.2) is 9.59 Å². The van der Waals surface area contributed by atoms with E-state index in [1.807, 2.05) is 0 Å². The molecule has 6 nitrogen and oxygen atoms in total. The first-order chi connectivity index (χ1) is 8.02. The number of hydrogen-bond acceptors (Lipinski definition) is 5. The van der Waals surface area contributed by atoms with Crippen LogP contribution >= 0.6 is 0 Å². The average Bonchev–Trinajstić information content (AvgIpc) is 2.26. The van der Waals surface area contributed by atoms with Crippen LogP contribution < -0.4 is 5.73 Å². The first-order valence-corrected chi connectivity index (χ1v) is 4.80. The maximum atomic E-state index is 11.3. The molecule has 0 atom stereocenters. The molecule has 1 rings (SSSR count). The first-order valence-electron chi connectivity index (χ1n) is 4.80. The van der Waals surface area contributed by atoms with Gasteiger partial charge in [-0.15, -0.1) is 0 Å². The number of methoxy groups -OCH3 is 1. The van der Waals surface area contributed by atoms with Crippen LogP contribution in [-0.2, 0) is 20.9 Å². The van der Waals surface area contributed by atoms with E-state index in [1.165, 1.54) is 13.2 Å². The van der Waals surface area contributed by atoms with Gasteiger partial charge in [0.15, 0.2) is 0 Å². The van der Waals surface area contributed by atoms with E-state index in [9.17, 15) is 9.59 Å². The van der Waals surface area contributed by atoms with Crippen LogP contribution in [0.3, 0.4) is 0 Å². The number of carbonyl (C=O) groups is 2. The Labute approximate surface area is 97.9 Å². The minimum atomic E-state index is -1.05. The number of anilines is 1. The van der Waals surface area contributed by atoms with Gasteiger partial charge in [0.2, 0.25) is 0 Å². The number of carboxylic acid groups (broad SMARTS) is 1. The summed E-state index contributed by atoms with van der Waals surface area (Å²) >= 11 is 0. The number of ether oxygens (including phenoxy) is 2. The molecule has 3 N–H and O–H groups in total. The minimum Gasteiger partial charge on any atom is -0.480 e. The van der Waals surface area contributed by atoms with E-state index in [2.05, 4.69) is 4.74 Å². The number of benzene rings is 1. The lowest BCUT2D eigenvalue weighted by molar-refractivity contribution is -0.142. The number of hydrogen-bond donors (Lipinski definition) is 2. The molecule has 0 spiro atoms. The van der Waals surface area contributed by atoms with Crippen molar-refractivity contribution in [3.05, 3.63) is 29.3 Å². The van der Waals surface area contributed by atoms with E-state index in [4.69, 9.17) is 15.6 Å². The van der Waals surface area contributed by atoms with Gasteiger partial charge in [0, 0.05) is 5.69 Å². The summed E-state index contributed by atoms with van der Waals surface area (Å²) in [5.41, 5.74) is 6.92. The highest BCUT2D eigenvalue weighted by Gasteiger charge is 2.08. The molecule has 0 aromatic heterocycles. The third-order valence-corrected chi connectivity index (χ3v) is 1.93. The summed E-state index contributed by atoms with van der Waals surface area (Å²) in [7, 11) is 1.27. The van der Waals surface area contributed by atoms with Crippen molar-refractivity contribution >= 4 is 17.6 Å². The maximum Gasteiger partial charge on any atom is 0.337 e. The lowest BCUT2D eigenvalue weighted by Crippen LogP contribution is -2.08. The Kier molecular flexibility index (Phi) is 4.47. The van der Waals surface area contributed by atoms with Crippen LogP contribution in [0.25, 0.3) is 0 Å². The molecule has 6 heteroatoms. The molecule has 0 unspecified atom stereocenters. The highest BCUT2D eigenvalue weighted by molar-refractivity contribution is 5.90. The van der Waals surface area contributed by atoms with Gasteiger partial charge in [-0.1, -0.05) is 0 Å². The van der Waals surface area contributed by atoms with Gasteiger partial charge >= 0.3 is 11.9 Å². The molecule has 1 aromatic carbocycles. The number of rotatable bonds is 5. The number of esters is 1. The molecule has 92 valence electrons. The Balaban J connectivity index is 2.75. The Bertz CT molecular complexity index is 430. The van der Waals surface area contributed by atoms with Crippen LogP contribution in [0.1, 0.15) is 15.9 Å². The Morgan fingerprint density at radius 2 is 2.06 bits per heavy atom. The Morgan fingerprint density at radius 3 is 2.65 bits per heavy atom.